The summed E-state index contributed by atoms with van der Waals surface area (Å²) in [5.74, 6) is -0.661. The third kappa shape index (κ3) is 4.95. The first-order valence-electron chi connectivity index (χ1n) is 10.3. The summed E-state index contributed by atoms with van der Waals surface area (Å²) in [5, 5.41) is 1.56. The molecule has 4 rings (SSSR count). The van der Waals surface area contributed by atoms with Gasteiger partial charge in [-0.1, -0.05) is 66.2 Å². The lowest BCUT2D eigenvalue weighted by molar-refractivity contribution is 0.202. The second-order valence-electron chi connectivity index (χ2n) is 7.66. The Morgan fingerprint density at radius 3 is 2.23 bits per heavy atom. The van der Waals surface area contributed by atoms with Gasteiger partial charge in [0, 0.05) is 12.5 Å². The molecule has 0 aromatic heterocycles. The number of hydrogen-bond donors (Lipinski definition) is 0. The van der Waals surface area contributed by atoms with Gasteiger partial charge in [0.2, 0.25) is 0 Å². The number of ether oxygens (including phenoxy) is 1. The van der Waals surface area contributed by atoms with Crippen molar-refractivity contribution in [3.05, 3.63) is 106 Å². The molecule has 158 valence electrons. The normalized spacial score (nSPS) is 11.2. The van der Waals surface area contributed by atoms with Crippen molar-refractivity contribution >= 4 is 22.4 Å². The van der Waals surface area contributed by atoms with E-state index in [4.69, 9.17) is 16.3 Å². The smallest absolute Gasteiger partial charge is 0.142 e. The predicted molar refractivity (Wildman–Crippen MR) is 124 cm³/mol. The topological polar surface area (TPSA) is 9.23 Å². The lowest BCUT2D eigenvalue weighted by atomic mass is 9.96. The van der Waals surface area contributed by atoms with Gasteiger partial charge in [-0.3, -0.25) is 0 Å². The van der Waals surface area contributed by atoms with E-state index < -0.39 is 5.82 Å². The Morgan fingerprint density at radius 1 is 0.742 bits per heavy atom. The standard InChI is InChI=1S/C27H23ClF2O/c1-31-15-14-18-2-6-20(7-3-18)22-11-12-24-23(17-22)10-9-21(27(24)30)8-4-19-5-13-25(28)26(29)16-19/h2-3,5-7,9-13,16-17H,4,8,14-15H2,1H3. The van der Waals surface area contributed by atoms with Crippen LogP contribution in [-0.4, -0.2) is 13.7 Å². The van der Waals surface area contributed by atoms with Crippen molar-refractivity contribution in [2.75, 3.05) is 13.7 Å². The maximum absolute atomic E-state index is 15.1. The third-order valence-electron chi connectivity index (χ3n) is 5.58. The monoisotopic (exact) mass is 436 g/mol. The molecule has 4 heteroatoms. The van der Waals surface area contributed by atoms with Crippen molar-refractivity contribution in [1.82, 2.24) is 0 Å². The Balaban J connectivity index is 1.54. The SMILES string of the molecule is COCCc1ccc(-c2ccc3c(F)c(CCc4ccc(Cl)c(F)c4)ccc3c2)cc1. The molecule has 0 unspecified atom stereocenters. The quantitative estimate of drug-likeness (QED) is 0.293. The van der Waals surface area contributed by atoms with Gasteiger partial charge >= 0.3 is 0 Å². The van der Waals surface area contributed by atoms with Gasteiger partial charge < -0.3 is 4.74 Å². The Hall–Kier alpha value is -2.75. The number of halogens is 3. The van der Waals surface area contributed by atoms with E-state index >= 15 is 4.39 Å². The van der Waals surface area contributed by atoms with Crippen molar-refractivity contribution in [2.24, 2.45) is 0 Å². The molecule has 4 aromatic carbocycles. The van der Waals surface area contributed by atoms with E-state index in [0.717, 1.165) is 28.5 Å². The summed E-state index contributed by atoms with van der Waals surface area (Å²) in [4.78, 5) is 0. The van der Waals surface area contributed by atoms with Gasteiger partial charge in [0.05, 0.1) is 11.6 Å². The molecule has 0 saturated heterocycles. The average molecular weight is 437 g/mol. The summed E-state index contributed by atoms with van der Waals surface area (Å²) in [5.41, 5.74) is 4.79. The van der Waals surface area contributed by atoms with Crippen molar-refractivity contribution in [1.29, 1.82) is 0 Å². The molecule has 0 spiro atoms. The minimum absolute atomic E-state index is 0.0982. The van der Waals surface area contributed by atoms with Crippen LogP contribution in [0.2, 0.25) is 5.02 Å². The zero-order valence-electron chi connectivity index (χ0n) is 17.3. The summed E-state index contributed by atoms with van der Waals surface area (Å²) < 4.78 is 33.9. The zero-order chi connectivity index (χ0) is 21.8. The Labute approximate surface area is 186 Å². The van der Waals surface area contributed by atoms with Crippen LogP contribution in [0.25, 0.3) is 21.9 Å². The van der Waals surface area contributed by atoms with E-state index in [9.17, 15) is 4.39 Å². The molecule has 0 aliphatic heterocycles. The molecule has 31 heavy (non-hydrogen) atoms. The second-order valence-corrected chi connectivity index (χ2v) is 8.07. The van der Waals surface area contributed by atoms with Crippen LogP contribution < -0.4 is 0 Å². The molecule has 0 amide bonds. The van der Waals surface area contributed by atoms with Crippen molar-refractivity contribution in [3.63, 3.8) is 0 Å². The van der Waals surface area contributed by atoms with Gasteiger partial charge in [-0.25, -0.2) is 8.78 Å². The van der Waals surface area contributed by atoms with Crippen molar-refractivity contribution in [3.8, 4) is 11.1 Å². The van der Waals surface area contributed by atoms with Crippen molar-refractivity contribution in [2.45, 2.75) is 19.3 Å². The number of methoxy groups -OCH3 is 1. The van der Waals surface area contributed by atoms with Gasteiger partial charge in [0.25, 0.3) is 0 Å². The van der Waals surface area contributed by atoms with Gasteiger partial charge in [0.15, 0.2) is 0 Å². The van der Waals surface area contributed by atoms with E-state index in [2.05, 4.69) is 24.3 Å². The first-order valence-corrected chi connectivity index (χ1v) is 10.7. The number of hydrogen-bond acceptors (Lipinski definition) is 1. The first kappa shape index (κ1) is 21.5. The van der Waals surface area contributed by atoms with Gasteiger partial charge in [-0.2, -0.15) is 0 Å². The fourth-order valence-corrected chi connectivity index (χ4v) is 3.89. The summed E-state index contributed by atoms with van der Waals surface area (Å²) in [6.45, 7) is 0.698. The van der Waals surface area contributed by atoms with Crippen LogP contribution in [-0.2, 0) is 24.0 Å². The van der Waals surface area contributed by atoms with Crippen LogP contribution in [0.3, 0.4) is 0 Å². The van der Waals surface area contributed by atoms with Crippen LogP contribution in [0.5, 0.6) is 0 Å². The zero-order valence-corrected chi connectivity index (χ0v) is 18.1. The molecule has 1 nitrogen and oxygen atoms in total. The van der Waals surface area contributed by atoms with Crippen LogP contribution in [0.4, 0.5) is 8.78 Å². The number of benzene rings is 4. The van der Waals surface area contributed by atoms with Crippen LogP contribution in [0, 0.1) is 11.6 Å². The maximum Gasteiger partial charge on any atom is 0.142 e. The fraction of sp³-hybridized carbons (Fsp3) is 0.185. The number of fused-ring (bicyclic) bond motifs is 1. The molecular weight excluding hydrogens is 414 g/mol. The highest BCUT2D eigenvalue weighted by molar-refractivity contribution is 6.30. The minimum Gasteiger partial charge on any atom is -0.384 e. The Morgan fingerprint density at radius 2 is 1.48 bits per heavy atom. The van der Waals surface area contributed by atoms with E-state index in [1.807, 2.05) is 30.3 Å². The molecule has 0 atom stereocenters. The van der Waals surface area contributed by atoms with Gasteiger partial charge in [-0.05, 0) is 70.7 Å². The van der Waals surface area contributed by atoms with E-state index in [1.54, 1.807) is 13.2 Å². The van der Waals surface area contributed by atoms with E-state index in [0.29, 0.717) is 30.4 Å². The molecule has 4 aromatic rings. The largest absolute Gasteiger partial charge is 0.384 e. The van der Waals surface area contributed by atoms with E-state index in [1.165, 1.54) is 17.7 Å². The third-order valence-corrected chi connectivity index (χ3v) is 5.89. The number of rotatable bonds is 7. The van der Waals surface area contributed by atoms with E-state index in [-0.39, 0.29) is 10.8 Å². The fourth-order valence-electron chi connectivity index (χ4n) is 3.77. The minimum atomic E-state index is -0.447. The molecule has 0 aliphatic rings. The lowest BCUT2D eigenvalue weighted by Gasteiger charge is -2.10. The number of aryl methyl sites for hydroxylation is 2. The Kier molecular flexibility index (Phi) is 6.64. The summed E-state index contributed by atoms with van der Waals surface area (Å²) in [6, 6.07) is 22.7. The Bertz CT molecular complexity index is 1200. The molecule has 0 radical (unpaired) electrons. The second kappa shape index (κ2) is 9.59. The summed E-state index contributed by atoms with van der Waals surface area (Å²) >= 11 is 5.73. The molecular formula is C27H23ClF2O. The molecule has 0 saturated carbocycles. The predicted octanol–water partition coefficient (Wildman–Crippen LogP) is 7.41. The maximum atomic E-state index is 15.1. The van der Waals surface area contributed by atoms with Crippen LogP contribution in [0.1, 0.15) is 16.7 Å². The molecule has 0 aliphatic carbocycles. The van der Waals surface area contributed by atoms with Crippen LogP contribution >= 0.6 is 11.6 Å². The highest BCUT2D eigenvalue weighted by atomic mass is 35.5. The lowest BCUT2D eigenvalue weighted by Crippen LogP contribution is -1.97. The van der Waals surface area contributed by atoms with Crippen molar-refractivity contribution < 1.29 is 13.5 Å². The molecule has 0 N–H and O–H groups in total. The van der Waals surface area contributed by atoms with Gasteiger partial charge in [-0.15, -0.1) is 0 Å². The molecule has 0 heterocycles. The average Bonchev–Trinajstić information content (AvgIpc) is 2.79. The highest BCUT2D eigenvalue weighted by Gasteiger charge is 2.10. The molecule has 0 fully saturated rings. The summed E-state index contributed by atoms with van der Waals surface area (Å²) in [7, 11) is 1.70. The summed E-state index contributed by atoms with van der Waals surface area (Å²) in [6.07, 6.45) is 1.92. The highest BCUT2D eigenvalue weighted by Crippen LogP contribution is 2.28. The first-order chi connectivity index (χ1) is 15.0. The van der Waals surface area contributed by atoms with Gasteiger partial charge in [0.1, 0.15) is 11.6 Å². The molecule has 0 bridgehead atoms. The van der Waals surface area contributed by atoms with Crippen LogP contribution in [0.15, 0.2) is 72.8 Å².